The van der Waals surface area contributed by atoms with E-state index in [1.54, 1.807) is 16.4 Å². The summed E-state index contributed by atoms with van der Waals surface area (Å²) in [6.45, 7) is 5.15. The fraction of sp³-hybridized carbons (Fsp3) is 0.500. The third-order valence-corrected chi connectivity index (χ3v) is 8.80. The zero-order chi connectivity index (χ0) is 25.4. The SMILES string of the molecule is CCCCCCCOc1c(Cl)cc(C(=O)Nc2ccc(S(=O)(=O)N3CCCCC3C)cc2)cc1Cl. The van der Waals surface area contributed by atoms with E-state index >= 15 is 0 Å². The maximum atomic E-state index is 13.0. The maximum Gasteiger partial charge on any atom is 0.255 e. The van der Waals surface area contributed by atoms with Gasteiger partial charge in [0.2, 0.25) is 10.0 Å². The smallest absolute Gasteiger partial charge is 0.255 e. The van der Waals surface area contributed by atoms with Gasteiger partial charge in [-0.05, 0) is 62.6 Å². The highest BCUT2D eigenvalue weighted by molar-refractivity contribution is 7.89. The Hall–Kier alpha value is -1.80. The Morgan fingerprint density at radius 1 is 1.06 bits per heavy atom. The van der Waals surface area contributed by atoms with E-state index in [4.69, 9.17) is 27.9 Å². The van der Waals surface area contributed by atoms with Gasteiger partial charge in [-0.3, -0.25) is 4.79 Å². The molecule has 0 aromatic heterocycles. The summed E-state index contributed by atoms with van der Waals surface area (Å²) in [5.74, 6) is -0.0259. The van der Waals surface area contributed by atoms with Gasteiger partial charge in [-0.25, -0.2) is 8.42 Å². The van der Waals surface area contributed by atoms with Crippen molar-refractivity contribution >= 4 is 44.8 Å². The number of carbonyl (C=O) groups excluding carboxylic acids is 1. The molecule has 0 spiro atoms. The fourth-order valence-electron chi connectivity index (χ4n) is 4.19. The summed E-state index contributed by atoms with van der Waals surface area (Å²) in [7, 11) is -3.57. The largest absolute Gasteiger partial charge is 0.490 e. The molecule has 1 heterocycles. The van der Waals surface area contributed by atoms with Crippen LogP contribution in [-0.2, 0) is 10.0 Å². The molecule has 1 amide bonds. The fourth-order valence-corrected chi connectivity index (χ4v) is 6.48. The van der Waals surface area contributed by atoms with Crippen molar-refractivity contribution in [3.63, 3.8) is 0 Å². The molecule has 6 nitrogen and oxygen atoms in total. The molecule has 35 heavy (non-hydrogen) atoms. The topological polar surface area (TPSA) is 75.7 Å². The van der Waals surface area contributed by atoms with Gasteiger partial charge in [0.15, 0.2) is 5.75 Å². The number of amides is 1. The second kappa shape index (κ2) is 12.9. The lowest BCUT2D eigenvalue weighted by atomic mass is 10.1. The number of carbonyl (C=O) groups is 1. The van der Waals surface area contributed by atoms with Crippen LogP contribution in [-0.4, -0.2) is 37.8 Å². The molecule has 1 saturated heterocycles. The molecule has 0 bridgehead atoms. The second-order valence-electron chi connectivity index (χ2n) is 8.97. The van der Waals surface area contributed by atoms with Crippen LogP contribution in [0.5, 0.6) is 5.75 Å². The van der Waals surface area contributed by atoms with Crippen LogP contribution in [0.4, 0.5) is 5.69 Å². The predicted octanol–water partition coefficient (Wildman–Crippen LogP) is 7.16. The number of piperidine rings is 1. The molecule has 1 aliphatic rings. The Bertz CT molecular complexity index is 1080. The van der Waals surface area contributed by atoms with Crippen molar-refractivity contribution in [2.24, 2.45) is 0 Å². The molecule has 1 fully saturated rings. The number of benzene rings is 2. The Morgan fingerprint density at radius 2 is 1.71 bits per heavy atom. The van der Waals surface area contributed by atoms with Crippen molar-refractivity contribution in [3.05, 3.63) is 52.0 Å². The van der Waals surface area contributed by atoms with Crippen molar-refractivity contribution in [1.82, 2.24) is 4.31 Å². The first-order chi connectivity index (χ1) is 16.7. The van der Waals surface area contributed by atoms with Crippen molar-refractivity contribution in [2.75, 3.05) is 18.5 Å². The first kappa shape index (κ1) is 27.8. The molecule has 3 rings (SSSR count). The zero-order valence-corrected chi connectivity index (χ0v) is 22.7. The second-order valence-corrected chi connectivity index (χ2v) is 11.7. The number of sulfonamides is 1. The van der Waals surface area contributed by atoms with Crippen LogP contribution in [0.1, 0.15) is 75.6 Å². The van der Waals surface area contributed by atoms with Crippen LogP contribution in [0, 0.1) is 0 Å². The molecule has 0 radical (unpaired) electrons. The number of nitrogens with zero attached hydrogens (tertiary/aromatic N) is 1. The van der Waals surface area contributed by atoms with Crippen molar-refractivity contribution < 1.29 is 17.9 Å². The van der Waals surface area contributed by atoms with Crippen LogP contribution in [0.15, 0.2) is 41.3 Å². The summed E-state index contributed by atoms with van der Waals surface area (Å²) < 4.78 is 33.3. The highest BCUT2D eigenvalue weighted by atomic mass is 35.5. The highest BCUT2D eigenvalue weighted by Gasteiger charge is 2.30. The van der Waals surface area contributed by atoms with Gasteiger partial charge in [0, 0.05) is 23.8 Å². The van der Waals surface area contributed by atoms with Crippen molar-refractivity contribution in [2.45, 2.75) is 76.2 Å². The van der Waals surface area contributed by atoms with E-state index in [-0.39, 0.29) is 26.5 Å². The first-order valence-corrected chi connectivity index (χ1v) is 14.5. The number of anilines is 1. The molecular formula is C26H34Cl2N2O4S. The highest BCUT2D eigenvalue weighted by Crippen LogP contribution is 2.35. The molecule has 1 unspecified atom stereocenters. The van der Waals surface area contributed by atoms with E-state index in [9.17, 15) is 13.2 Å². The summed E-state index contributed by atoms with van der Waals surface area (Å²) in [4.78, 5) is 13.0. The van der Waals surface area contributed by atoms with Crippen LogP contribution in [0.25, 0.3) is 0 Å². The first-order valence-electron chi connectivity index (χ1n) is 12.3. The molecule has 2 aromatic carbocycles. The van der Waals surface area contributed by atoms with Gasteiger partial charge in [0.1, 0.15) is 0 Å². The third kappa shape index (κ3) is 7.35. The molecule has 1 N–H and O–H groups in total. The van der Waals surface area contributed by atoms with E-state index in [1.165, 1.54) is 43.5 Å². The van der Waals surface area contributed by atoms with E-state index in [0.717, 1.165) is 32.1 Å². The molecule has 1 aliphatic heterocycles. The molecule has 192 valence electrons. The minimum Gasteiger partial charge on any atom is -0.490 e. The quantitative estimate of drug-likeness (QED) is 0.307. The minimum atomic E-state index is -3.57. The van der Waals surface area contributed by atoms with E-state index in [2.05, 4.69) is 12.2 Å². The molecule has 1 atom stereocenters. The molecule has 0 aliphatic carbocycles. The van der Waals surface area contributed by atoms with Gasteiger partial charge < -0.3 is 10.1 Å². The number of rotatable bonds is 11. The van der Waals surface area contributed by atoms with E-state index in [0.29, 0.717) is 24.6 Å². The van der Waals surface area contributed by atoms with Gasteiger partial charge in [0.05, 0.1) is 21.5 Å². The summed E-state index contributed by atoms with van der Waals surface area (Å²) in [5, 5.41) is 3.31. The summed E-state index contributed by atoms with van der Waals surface area (Å²) in [6, 6.07) is 9.22. The third-order valence-electron chi connectivity index (χ3n) is 6.22. The Kier molecular flexibility index (Phi) is 10.3. The predicted molar refractivity (Wildman–Crippen MR) is 142 cm³/mol. The molecule has 0 saturated carbocycles. The number of unbranched alkanes of at least 4 members (excludes halogenated alkanes) is 4. The van der Waals surface area contributed by atoms with E-state index < -0.39 is 15.9 Å². The number of hydrogen-bond donors (Lipinski definition) is 1. The lowest BCUT2D eigenvalue weighted by Gasteiger charge is -2.32. The standard InChI is InChI=1S/C26H34Cl2N2O4S/c1-3-4-5-6-9-16-34-25-23(27)17-20(18-24(25)28)26(31)29-21-11-13-22(14-12-21)35(32,33)30-15-8-7-10-19(30)2/h11-14,17-19H,3-10,15-16H2,1-2H3,(H,29,31). The number of ether oxygens (including phenoxy) is 1. The number of halogens is 2. The molecule has 9 heteroatoms. The maximum absolute atomic E-state index is 13.0. The average molecular weight is 542 g/mol. The van der Waals surface area contributed by atoms with Gasteiger partial charge >= 0.3 is 0 Å². The van der Waals surface area contributed by atoms with E-state index in [1.807, 2.05) is 6.92 Å². The van der Waals surface area contributed by atoms with Gasteiger partial charge in [-0.2, -0.15) is 4.31 Å². The van der Waals surface area contributed by atoms with Crippen molar-refractivity contribution in [1.29, 1.82) is 0 Å². The van der Waals surface area contributed by atoms with Gasteiger partial charge in [-0.15, -0.1) is 0 Å². The summed E-state index contributed by atoms with van der Waals surface area (Å²) >= 11 is 12.7. The number of nitrogens with one attached hydrogen (secondary N) is 1. The Balaban J connectivity index is 1.62. The van der Waals surface area contributed by atoms with Gasteiger partial charge in [-0.1, -0.05) is 62.2 Å². The lowest BCUT2D eigenvalue weighted by Crippen LogP contribution is -2.41. The van der Waals surface area contributed by atoms with Crippen LogP contribution >= 0.6 is 23.2 Å². The Morgan fingerprint density at radius 3 is 2.34 bits per heavy atom. The summed E-state index contributed by atoms with van der Waals surface area (Å²) in [5.41, 5.74) is 0.759. The summed E-state index contributed by atoms with van der Waals surface area (Å²) in [6.07, 6.45) is 8.33. The molecule has 2 aromatic rings. The molecular weight excluding hydrogens is 507 g/mol. The average Bonchev–Trinajstić information content (AvgIpc) is 2.83. The van der Waals surface area contributed by atoms with Crippen molar-refractivity contribution in [3.8, 4) is 5.75 Å². The van der Waals surface area contributed by atoms with Crippen LogP contribution in [0.2, 0.25) is 10.0 Å². The van der Waals surface area contributed by atoms with Gasteiger partial charge in [0.25, 0.3) is 5.91 Å². The normalized spacial score (nSPS) is 16.7. The monoisotopic (exact) mass is 540 g/mol. The number of hydrogen-bond acceptors (Lipinski definition) is 4. The van der Waals surface area contributed by atoms with Crippen LogP contribution < -0.4 is 10.1 Å². The minimum absolute atomic E-state index is 0.0179. The van der Waals surface area contributed by atoms with Crippen LogP contribution in [0.3, 0.4) is 0 Å². The zero-order valence-electron chi connectivity index (χ0n) is 20.4. The lowest BCUT2D eigenvalue weighted by molar-refractivity contribution is 0.102. The Labute approximate surface area is 219 Å².